The summed E-state index contributed by atoms with van der Waals surface area (Å²) in [6.07, 6.45) is 12.3. The highest BCUT2D eigenvalue weighted by Gasteiger charge is 2.35. The van der Waals surface area contributed by atoms with Gasteiger partial charge in [0.05, 0.1) is 24.1 Å². The normalized spacial score (nSPS) is 15.8. The van der Waals surface area contributed by atoms with E-state index < -0.39 is 17.5 Å². The number of ether oxygens (including phenoxy) is 1. The SMILES string of the molecule is C=CCCCCC(=O)OCC(Cc1c[nH]c2ccccc12)NC(=O)C(CC=C)CC(=O)NC1(CO)CCCC1. The van der Waals surface area contributed by atoms with Crippen molar-refractivity contribution in [2.45, 2.75) is 82.2 Å². The number of carbonyl (C=O) groups excluding carboxylic acids is 3. The van der Waals surface area contributed by atoms with Crippen LogP contribution in [0.1, 0.15) is 69.8 Å². The van der Waals surface area contributed by atoms with Crippen LogP contribution in [0.25, 0.3) is 10.9 Å². The molecule has 0 saturated heterocycles. The molecular weight excluding hydrogens is 494 g/mol. The number of hydrogen-bond acceptors (Lipinski definition) is 5. The van der Waals surface area contributed by atoms with Crippen molar-refractivity contribution >= 4 is 28.7 Å². The maximum atomic E-state index is 13.4. The van der Waals surface area contributed by atoms with Gasteiger partial charge in [-0.2, -0.15) is 0 Å². The fourth-order valence-electron chi connectivity index (χ4n) is 5.29. The van der Waals surface area contributed by atoms with Crippen LogP contribution in [0.4, 0.5) is 0 Å². The molecule has 0 aliphatic heterocycles. The molecule has 4 N–H and O–H groups in total. The van der Waals surface area contributed by atoms with Gasteiger partial charge in [-0.25, -0.2) is 0 Å². The Bertz CT molecular complexity index is 1120. The third-order valence-corrected chi connectivity index (χ3v) is 7.49. The molecule has 1 aromatic heterocycles. The number of H-pyrrole nitrogens is 1. The number of carbonyl (C=O) groups is 3. The van der Waals surface area contributed by atoms with Gasteiger partial charge in [-0.05, 0) is 56.6 Å². The van der Waals surface area contributed by atoms with Gasteiger partial charge in [0, 0.05) is 29.9 Å². The number of rotatable bonds is 17. The van der Waals surface area contributed by atoms with E-state index in [1.807, 2.05) is 36.5 Å². The lowest BCUT2D eigenvalue weighted by Gasteiger charge is -2.29. The summed E-state index contributed by atoms with van der Waals surface area (Å²) in [5.41, 5.74) is 1.40. The van der Waals surface area contributed by atoms with Crippen molar-refractivity contribution in [3.8, 4) is 0 Å². The summed E-state index contributed by atoms with van der Waals surface area (Å²) in [7, 11) is 0. The van der Waals surface area contributed by atoms with Crippen LogP contribution < -0.4 is 10.6 Å². The molecule has 1 aliphatic rings. The van der Waals surface area contributed by atoms with E-state index >= 15 is 0 Å². The van der Waals surface area contributed by atoms with Gasteiger partial charge in [-0.1, -0.05) is 43.2 Å². The van der Waals surface area contributed by atoms with Crippen molar-refractivity contribution < 1.29 is 24.2 Å². The second-order valence-corrected chi connectivity index (χ2v) is 10.6. The van der Waals surface area contributed by atoms with Crippen LogP contribution in [0.3, 0.4) is 0 Å². The fraction of sp³-hybridized carbons (Fsp3) is 0.516. The number of nitrogens with one attached hydrogen (secondary N) is 3. The summed E-state index contributed by atoms with van der Waals surface area (Å²) < 4.78 is 5.57. The number of allylic oxidation sites excluding steroid dienone is 2. The van der Waals surface area contributed by atoms with E-state index in [9.17, 15) is 19.5 Å². The topological polar surface area (TPSA) is 121 Å². The van der Waals surface area contributed by atoms with Crippen molar-refractivity contribution in [2.75, 3.05) is 13.2 Å². The first-order chi connectivity index (χ1) is 18.9. The lowest BCUT2D eigenvalue weighted by atomic mass is 9.95. The van der Waals surface area contributed by atoms with Crippen LogP contribution in [0, 0.1) is 5.92 Å². The zero-order valence-electron chi connectivity index (χ0n) is 22.9. The lowest BCUT2D eigenvalue weighted by Crippen LogP contribution is -2.50. The molecule has 8 heteroatoms. The number of amides is 2. The molecule has 1 fully saturated rings. The predicted molar refractivity (Wildman–Crippen MR) is 153 cm³/mol. The molecule has 2 aromatic rings. The largest absolute Gasteiger partial charge is 0.463 e. The molecule has 0 radical (unpaired) electrons. The zero-order valence-corrected chi connectivity index (χ0v) is 22.9. The molecular formula is C31H43N3O5. The standard InChI is InChI=1S/C31H43N3O5/c1-3-5-6-7-15-29(37)39-21-25(18-24-20-32-27-14-9-8-13-26(24)27)33-30(38)23(12-4-2)19-28(36)34-31(22-35)16-10-11-17-31/h3-4,8-9,13-14,20,23,25,32,35H,1-2,5-7,10-12,15-19,21-22H2,(H,33,38)(H,34,36). The average Bonchev–Trinajstić information content (AvgIpc) is 3.57. The van der Waals surface area contributed by atoms with Gasteiger partial charge in [0.15, 0.2) is 0 Å². The maximum Gasteiger partial charge on any atom is 0.305 e. The van der Waals surface area contributed by atoms with Crippen LogP contribution in [-0.4, -0.2) is 52.7 Å². The first-order valence-corrected chi connectivity index (χ1v) is 14.0. The summed E-state index contributed by atoms with van der Waals surface area (Å²) >= 11 is 0. The number of para-hydroxylation sites is 1. The summed E-state index contributed by atoms with van der Waals surface area (Å²) in [6.45, 7) is 7.39. The van der Waals surface area contributed by atoms with Gasteiger partial charge < -0.3 is 25.5 Å². The minimum Gasteiger partial charge on any atom is -0.463 e. The van der Waals surface area contributed by atoms with Crippen LogP contribution >= 0.6 is 0 Å². The molecule has 39 heavy (non-hydrogen) atoms. The van der Waals surface area contributed by atoms with Crippen molar-refractivity contribution in [1.82, 2.24) is 15.6 Å². The highest BCUT2D eigenvalue weighted by molar-refractivity contribution is 5.87. The van der Waals surface area contributed by atoms with E-state index in [2.05, 4.69) is 28.8 Å². The number of aromatic amines is 1. The van der Waals surface area contributed by atoms with Crippen LogP contribution in [0.15, 0.2) is 55.8 Å². The minimum absolute atomic E-state index is 0.0114. The van der Waals surface area contributed by atoms with E-state index in [1.54, 1.807) is 6.08 Å². The van der Waals surface area contributed by atoms with Gasteiger partial charge >= 0.3 is 5.97 Å². The van der Waals surface area contributed by atoms with Crippen LogP contribution in [0.5, 0.6) is 0 Å². The molecule has 2 amide bonds. The van der Waals surface area contributed by atoms with Crippen LogP contribution in [0.2, 0.25) is 0 Å². The molecule has 8 nitrogen and oxygen atoms in total. The Hall–Kier alpha value is -3.39. The van der Waals surface area contributed by atoms with Gasteiger partial charge in [0.2, 0.25) is 11.8 Å². The summed E-state index contributed by atoms with van der Waals surface area (Å²) in [5, 5.41) is 16.9. The first-order valence-electron chi connectivity index (χ1n) is 14.0. The van der Waals surface area contributed by atoms with E-state index in [0.717, 1.165) is 61.4 Å². The minimum atomic E-state index is -0.625. The fourth-order valence-corrected chi connectivity index (χ4v) is 5.29. The Morgan fingerprint density at radius 3 is 2.62 bits per heavy atom. The van der Waals surface area contributed by atoms with E-state index in [1.165, 1.54) is 0 Å². The second-order valence-electron chi connectivity index (χ2n) is 10.6. The molecule has 1 saturated carbocycles. The Balaban J connectivity index is 1.67. The molecule has 2 unspecified atom stereocenters. The van der Waals surface area contributed by atoms with Crippen molar-refractivity contribution in [3.63, 3.8) is 0 Å². The van der Waals surface area contributed by atoms with Crippen molar-refractivity contribution in [3.05, 3.63) is 61.3 Å². The predicted octanol–water partition coefficient (Wildman–Crippen LogP) is 4.49. The lowest BCUT2D eigenvalue weighted by molar-refractivity contribution is -0.145. The molecule has 0 spiro atoms. The third-order valence-electron chi connectivity index (χ3n) is 7.49. The van der Waals surface area contributed by atoms with Crippen molar-refractivity contribution in [1.29, 1.82) is 0 Å². The van der Waals surface area contributed by atoms with E-state index in [0.29, 0.717) is 19.3 Å². The maximum absolute atomic E-state index is 13.4. The zero-order chi connectivity index (χ0) is 28.1. The Kier molecular flexibility index (Phi) is 11.8. The summed E-state index contributed by atoms with van der Waals surface area (Å²) in [4.78, 5) is 41.9. The molecule has 3 rings (SSSR count). The number of esters is 1. The highest BCUT2D eigenvalue weighted by atomic mass is 16.5. The second kappa shape index (κ2) is 15.3. The molecule has 2 atom stereocenters. The van der Waals surface area contributed by atoms with Gasteiger partial charge in [-0.15, -0.1) is 13.2 Å². The average molecular weight is 538 g/mol. The number of hydrogen-bond donors (Lipinski definition) is 4. The van der Waals surface area contributed by atoms with E-state index in [4.69, 9.17) is 4.74 Å². The smallest absolute Gasteiger partial charge is 0.305 e. The molecule has 0 bridgehead atoms. The van der Waals surface area contributed by atoms with Crippen LogP contribution in [-0.2, 0) is 25.5 Å². The number of benzene rings is 1. The van der Waals surface area contributed by atoms with Gasteiger partial charge in [0.1, 0.15) is 6.61 Å². The summed E-state index contributed by atoms with van der Waals surface area (Å²) in [5.74, 6) is -1.47. The number of fused-ring (bicyclic) bond motifs is 1. The summed E-state index contributed by atoms with van der Waals surface area (Å²) in [6, 6.07) is 7.43. The number of unbranched alkanes of at least 4 members (excludes halogenated alkanes) is 2. The first kappa shape index (κ1) is 30.2. The highest BCUT2D eigenvalue weighted by Crippen LogP contribution is 2.29. The Morgan fingerprint density at radius 1 is 1.13 bits per heavy atom. The number of aliphatic hydroxyl groups is 1. The number of aromatic nitrogens is 1. The molecule has 212 valence electrons. The van der Waals surface area contributed by atoms with Gasteiger partial charge in [0.25, 0.3) is 0 Å². The molecule has 1 aliphatic carbocycles. The monoisotopic (exact) mass is 537 g/mol. The quantitative estimate of drug-likeness (QED) is 0.135. The number of aliphatic hydroxyl groups excluding tert-OH is 1. The Labute approximate surface area is 231 Å². The molecule has 1 aromatic carbocycles. The van der Waals surface area contributed by atoms with Gasteiger partial charge in [-0.3, -0.25) is 14.4 Å². The molecule has 1 heterocycles. The Morgan fingerprint density at radius 2 is 1.90 bits per heavy atom. The third kappa shape index (κ3) is 9.10. The van der Waals surface area contributed by atoms with E-state index in [-0.39, 0.29) is 37.4 Å². The van der Waals surface area contributed by atoms with Crippen molar-refractivity contribution in [2.24, 2.45) is 5.92 Å².